The highest BCUT2D eigenvalue weighted by molar-refractivity contribution is 5.72. The van der Waals surface area contributed by atoms with E-state index in [9.17, 15) is 4.79 Å². The summed E-state index contributed by atoms with van der Waals surface area (Å²) in [5.41, 5.74) is 2.76. The van der Waals surface area contributed by atoms with E-state index in [-0.39, 0.29) is 5.91 Å². The molecule has 19 heavy (non-hydrogen) atoms. The summed E-state index contributed by atoms with van der Waals surface area (Å²) in [6.07, 6.45) is 0. The second-order valence-electron chi connectivity index (χ2n) is 4.14. The Labute approximate surface area is 111 Å². The van der Waals surface area contributed by atoms with Gasteiger partial charge >= 0.3 is 0 Å². The van der Waals surface area contributed by atoms with Crippen LogP contribution in [-0.4, -0.2) is 34.4 Å². The van der Waals surface area contributed by atoms with Crippen LogP contribution in [0.25, 0.3) is 11.3 Å². The average Bonchev–Trinajstić information content (AvgIpc) is 2.87. The number of amides is 1. The summed E-state index contributed by atoms with van der Waals surface area (Å²) < 4.78 is 0. The van der Waals surface area contributed by atoms with Gasteiger partial charge in [0.15, 0.2) is 0 Å². The zero-order chi connectivity index (χ0) is 13.5. The molecular formula is C13H17N5O. The lowest BCUT2D eigenvalue weighted by atomic mass is 10.1. The molecule has 0 aliphatic heterocycles. The monoisotopic (exact) mass is 259 g/mol. The summed E-state index contributed by atoms with van der Waals surface area (Å²) in [5.74, 6) is -0.0202. The number of hydrogen-bond donors (Lipinski definition) is 3. The molecule has 100 valence electrons. The quantitative estimate of drug-likeness (QED) is 0.667. The number of benzene rings is 1. The zero-order valence-corrected chi connectivity index (χ0v) is 10.8. The van der Waals surface area contributed by atoms with E-state index in [1.54, 1.807) is 0 Å². The van der Waals surface area contributed by atoms with Crippen molar-refractivity contribution in [3.63, 3.8) is 0 Å². The number of aromatic amines is 1. The van der Waals surface area contributed by atoms with E-state index in [1.807, 2.05) is 30.3 Å². The Hall–Kier alpha value is -2.21. The lowest BCUT2D eigenvalue weighted by Crippen LogP contribution is -2.30. The molecular weight excluding hydrogens is 242 g/mol. The van der Waals surface area contributed by atoms with Crippen LogP contribution in [0.3, 0.4) is 0 Å². The Morgan fingerprint density at radius 1 is 1.21 bits per heavy atom. The fourth-order valence-corrected chi connectivity index (χ4v) is 1.74. The SMILES string of the molecule is CC(=O)NCCNCc1n[nH]nc1-c1ccccc1. The van der Waals surface area contributed by atoms with Gasteiger partial charge in [0, 0.05) is 32.1 Å². The molecule has 0 bridgehead atoms. The van der Waals surface area contributed by atoms with Gasteiger partial charge in [0.1, 0.15) is 11.4 Å². The van der Waals surface area contributed by atoms with Gasteiger partial charge in [-0.1, -0.05) is 30.3 Å². The van der Waals surface area contributed by atoms with E-state index < -0.39 is 0 Å². The Morgan fingerprint density at radius 2 is 2.00 bits per heavy atom. The highest BCUT2D eigenvalue weighted by Gasteiger charge is 2.08. The van der Waals surface area contributed by atoms with E-state index in [2.05, 4.69) is 26.0 Å². The van der Waals surface area contributed by atoms with Gasteiger partial charge < -0.3 is 10.6 Å². The molecule has 6 nitrogen and oxygen atoms in total. The fourth-order valence-electron chi connectivity index (χ4n) is 1.74. The number of carbonyl (C=O) groups is 1. The summed E-state index contributed by atoms with van der Waals surface area (Å²) in [6.45, 7) is 3.42. The third kappa shape index (κ3) is 3.89. The van der Waals surface area contributed by atoms with Gasteiger partial charge in [-0.2, -0.15) is 15.4 Å². The first-order valence-electron chi connectivity index (χ1n) is 6.17. The number of nitrogens with zero attached hydrogens (tertiary/aromatic N) is 2. The van der Waals surface area contributed by atoms with E-state index in [4.69, 9.17) is 0 Å². The molecule has 1 heterocycles. The standard InChI is InChI=1S/C13H17N5O/c1-10(19)15-8-7-14-9-12-13(17-18-16-12)11-5-3-2-4-6-11/h2-6,14H,7-9H2,1H3,(H,15,19)(H,16,17,18). The highest BCUT2D eigenvalue weighted by Crippen LogP contribution is 2.18. The third-order valence-corrected chi connectivity index (χ3v) is 2.64. The average molecular weight is 259 g/mol. The first kappa shape index (κ1) is 13.2. The lowest BCUT2D eigenvalue weighted by molar-refractivity contribution is -0.118. The van der Waals surface area contributed by atoms with Gasteiger partial charge in [-0.05, 0) is 0 Å². The van der Waals surface area contributed by atoms with Crippen LogP contribution in [0.4, 0.5) is 0 Å². The Balaban J connectivity index is 1.88. The van der Waals surface area contributed by atoms with Crippen molar-refractivity contribution in [3.8, 4) is 11.3 Å². The minimum absolute atomic E-state index is 0.0202. The van der Waals surface area contributed by atoms with Crippen molar-refractivity contribution < 1.29 is 4.79 Å². The molecule has 0 radical (unpaired) electrons. The maximum Gasteiger partial charge on any atom is 0.216 e. The summed E-state index contributed by atoms with van der Waals surface area (Å²) in [5, 5.41) is 16.9. The van der Waals surface area contributed by atoms with E-state index >= 15 is 0 Å². The van der Waals surface area contributed by atoms with Gasteiger partial charge in [-0.25, -0.2) is 0 Å². The van der Waals surface area contributed by atoms with Crippen molar-refractivity contribution in [2.75, 3.05) is 13.1 Å². The van der Waals surface area contributed by atoms with Crippen molar-refractivity contribution in [1.82, 2.24) is 26.0 Å². The van der Waals surface area contributed by atoms with Crippen LogP contribution < -0.4 is 10.6 Å². The Morgan fingerprint density at radius 3 is 2.74 bits per heavy atom. The molecule has 1 amide bonds. The second-order valence-corrected chi connectivity index (χ2v) is 4.14. The van der Waals surface area contributed by atoms with Crippen LogP contribution in [0, 0.1) is 0 Å². The van der Waals surface area contributed by atoms with Crippen molar-refractivity contribution in [3.05, 3.63) is 36.0 Å². The fraction of sp³-hybridized carbons (Fsp3) is 0.308. The number of nitrogens with one attached hydrogen (secondary N) is 3. The topological polar surface area (TPSA) is 82.7 Å². The molecule has 2 rings (SSSR count). The first-order valence-corrected chi connectivity index (χ1v) is 6.17. The highest BCUT2D eigenvalue weighted by atomic mass is 16.1. The lowest BCUT2D eigenvalue weighted by Gasteiger charge is -2.04. The minimum atomic E-state index is -0.0202. The van der Waals surface area contributed by atoms with Gasteiger partial charge in [0.25, 0.3) is 0 Å². The van der Waals surface area contributed by atoms with Gasteiger partial charge in [0.2, 0.25) is 5.91 Å². The van der Waals surface area contributed by atoms with Crippen molar-refractivity contribution >= 4 is 5.91 Å². The molecule has 3 N–H and O–H groups in total. The predicted octanol–water partition coefficient (Wildman–Crippen LogP) is 0.697. The van der Waals surface area contributed by atoms with Gasteiger partial charge in [-0.15, -0.1) is 0 Å². The molecule has 0 spiro atoms. The van der Waals surface area contributed by atoms with Crippen LogP contribution >= 0.6 is 0 Å². The minimum Gasteiger partial charge on any atom is -0.355 e. The Bertz CT molecular complexity index is 523. The molecule has 0 aliphatic rings. The number of H-pyrrole nitrogens is 1. The summed E-state index contributed by atoms with van der Waals surface area (Å²) in [4.78, 5) is 10.7. The van der Waals surface area contributed by atoms with Crippen LogP contribution in [0.2, 0.25) is 0 Å². The van der Waals surface area contributed by atoms with Crippen LogP contribution in [0.5, 0.6) is 0 Å². The smallest absolute Gasteiger partial charge is 0.216 e. The largest absolute Gasteiger partial charge is 0.355 e. The number of hydrogen-bond acceptors (Lipinski definition) is 4. The van der Waals surface area contributed by atoms with Crippen molar-refractivity contribution in [2.24, 2.45) is 0 Å². The van der Waals surface area contributed by atoms with Crippen molar-refractivity contribution in [2.45, 2.75) is 13.5 Å². The van der Waals surface area contributed by atoms with E-state index in [0.717, 1.165) is 17.0 Å². The molecule has 1 aromatic carbocycles. The van der Waals surface area contributed by atoms with Crippen LogP contribution in [0.15, 0.2) is 30.3 Å². The summed E-state index contributed by atoms with van der Waals surface area (Å²) in [7, 11) is 0. The zero-order valence-electron chi connectivity index (χ0n) is 10.8. The normalized spacial score (nSPS) is 10.4. The third-order valence-electron chi connectivity index (χ3n) is 2.64. The van der Waals surface area contributed by atoms with Crippen LogP contribution in [-0.2, 0) is 11.3 Å². The molecule has 1 aromatic heterocycles. The van der Waals surface area contributed by atoms with Crippen molar-refractivity contribution in [1.29, 1.82) is 0 Å². The first-order chi connectivity index (χ1) is 9.27. The summed E-state index contributed by atoms with van der Waals surface area (Å²) >= 11 is 0. The molecule has 0 aliphatic carbocycles. The molecule has 0 fully saturated rings. The molecule has 6 heteroatoms. The number of aromatic nitrogens is 3. The second kappa shape index (κ2) is 6.65. The van der Waals surface area contributed by atoms with Gasteiger partial charge in [0.05, 0.1) is 0 Å². The van der Waals surface area contributed by atoms with E-state index in [1.165, 1.54) is 6.92 Å². The molecule has 0 saturated carbocycles. The van der Waals surface area contributed by atoms with E-state index in [0.29, 0.717) is 19.6 Å². The molecule has 2 aromatic rings. The Kier molecular flexibility index (Phi) is 4.63. The number of carbonyl (C=O) groups excluding carboxylic acids is 1. The maximum absolute atomic E-state index is 10.7. The molecule has 0 saturated heterocycles. The molecule has 0 atom stereocenters. The maximum atomic E-state index is 10.7. The summed E-state index contributed by atoms with van der Waals surface area (Å²) in [6, 6.07) is 9.91. The number of rotatable bonds is 6. The van der Waals surface area contributed by atoms with Crippen LogP contribution in [0.1, 0.15) is 12.6 Å². The molecule has 0 unspecified atom stereocenters. The predicted molar refractivity (Wildman–Crippen MR) is 72.2 cm³/mol. The van der Waals surface area contributed by atoms with Gasteiger partial charge in [-0.3, -0.25) is 4.79 Å².